The van der Waals surface area contributed by atoms with Crippen molar-refractivity contribution < 1.29 is 13.2 Å². The third-order valence-corrected chi connectivity index (χ3v) is 7.40. The van der Waals surface area contributed by atoms with E-state index in [0.29, 0.717) is 37.4 Å². The average Bonchev–Trinajstić information content (AvgIpc) is 2.77. The third-order valence-electron chi connectivity index (χ3n) is 5.49. The number of hydrogen-bond acceptors (Lipinski definition) is 3. The van der Waals surface area contributed by atoms with Crippen molar-refractivity contribution in [2.75, 3.05) is 19.6 Å². The molecule has 3 rings (SSSR count). The summed E-state index contributed by atoms with van der Waals surface area (Å²) in [5.74, 6) is 0.275. The van der Waals surface area contributed by atoms with Crippen LogP contribution in [0.3, 0.4) is 0 Å². The van der Waals surface area contributed by atoms with Crippen LogP contribution >= 0.6 is 0 Å². The molecule has 1 atom stereocenters. The van der Waals surface area contributed by atoms with Crippen LogP contribution in [-0.4, -0.2) is 38.3 Å². The Balaban J connectivity index is 1.48. The summed E-state index contributed by atoms with van der Waals surface area (Å²) in [5, 5.41) is 2.99. The highest BCUT2D eigenvalue weighted by Gasteiger charge is 2.25. The number of rotatable bonds is 8. The standard InChI is InChI=1S/C23H30N2O3S/c1-19(21-8-4-2-5-9-21)18-24-23(26)15-12-20-10-13-22(14-11-20)29(27,28)25-16-6-3-7-17-25/h2,4-5,8-11,13-14,19H,3,6-7,12,15-18H2,1H3,(H,24,26). The zero-order valence-corrected chi connectivity index (χ0v) is 17.8. The van der Waals surface area contributed by atoms with Gasteiger partial charge in [0.2, 0.25) is 15.9 Å². The molecular formula is C23H30N2O3S. The van der Waals surface area contributed by atoms with Crippen molar-refractivity contribution in [3.63, 3.8) is 0 Å². The number of nitrogens with one attached hydrogen (secondary N) is 1. The summed E-state index contributed by atoms with van der Waals surface area (Å²) in [6.07, 6.45) is 3.93. The van der Waals surface area contributed by atoms with E-state index in [1.807, 2.05) is 30.3 Å². The molecule has 1 saturated heterocycles. The number of nitrogens with zero attached hydrogens (tertiary/aromatic N) is 1. The molecule has 0 radical (unpaired) electrons. The zero-order valence-electron chi connectivity index (χ0n) is 17.0. The molecule has 1 aliphatic heterocycles. The Bertz CT molecular complexity index is 889. The van der Waals surface area contributed by atoms with E-state index in [2.05, 4.69) is 24.4 Å². The quantitative estimate of drug-likeness (QED) is 0.716. The van der Waals surface area contributed by atoms with E-state index >= 15 is 0 Å². The SMILES string of the molecule is CC(CNC(=O)CCc1ccc(S(=O)(=O)N2CCCCC2)cc1)c1ccccc1. The van der Waals surface area contributed by atoms with Crippen LogP contribution in [-0.2, 0) is 21.2 Å². The fourth-order valence-corrected chi connectivity index (χ4v) is 5.11. The van der Waals surface area contributed by atoms with Crippen molar-refractivity contribution in [2.24, 2.45) is 0 Å². The van der Waals surface area contributed by atoms with Crippen LogP contribution in [0.25, 0.3) is 0 Å². The molecule has 1 fully saturated rings. The Labute approximate surface area is 174 Å². The van der Waals surface area contributed by atoms with Gasteiger partial charge in [-0.15, -0.1) is 0 Å². The van der Waals surface area contributed by atoms with E-state index in [4.69, 9.17) is 0 Å². The van der Waals surface area contributed by atoms with E-state index in [0.717, 1.165) is 24.8 Å². The number of sulfonamides is 1. The molecule has 0 aromatic heterocycles. The number of hydrogen-bond donors (Lipinski definition) is 1. The van der Waals surface area contributed by atoms with Crippen LogP contribution in [0.15, 0.2) is 59.5 Å². The molecule has 1 aliphatic rings. The Hall–Kier alpha value is -2.18. The second kappa shape index (κ2) is 10.0. The molecule has 156 valence electrons. The number of carbonyl (C=O) groups is 1. The summed E-state index contributed by atoms with van der Waals surface area (Å²) >= 11 is 0. The normalized spacial score (nSPS) is 16.3. The average molecular weight is 415 g/mol. The predicted octanol–water partition coefficient (Wildman–Crippen LogP) is 3.71. The summed E-state index contributed by atoms with van der Waals surface area (Å²) in [5.41, 5.74) is 2.17. The fraction of sp³-hybridized carbons (Fsp3) is 0.435. The van der Waals surface area contributed by atoms with Crippen molar-refractivity contribution in [1.29, 1.82) is 0 Å². The highest BCUT2D eigenvalue weighted by molar-refractivity contribution is 7.89. The summed E-state index contributed by atoms with van der Waals surface area (Å²) in [4.78, 5) is 12.5. The van der Waals surface area contributed by atoms with Crippen LogP contribution < -0.4 is 5.32 Å². The summed E-state index contributed by atoms with van der Waals surface area (Å²) in [7, 11) is -3.40. The first-order chi connectivity index (χ1) is 14.0. The van der Waals surface area contributed by atoms with Gasteiger partial charge in [-0.2, -0.15) is 4.31 Å². The maximum absolute atomic E-state index is 12.7. The van der Waals surface area contributed by atoms with Crippen molar-refractivity contribution in [2.45, 2.75) is 49.8 Å². The smallest absolute Gasteiger partial charge is 0.243 e. The van der Waals surface area contributed by atoms with Gasteiger partial charge in [0.1, 0.15) is 0 Å². The molecule has 1 amide bonds. The molecule has 29 heavy (non-hydrogen) atoms. The zero-order chi connectivity index (χ0) is 20.7. The molecule has 2 aromatic rings. The summed E-state index contributed by atoms with van der Waals surface area (Å²) < 4.78 is 27.0. The minimum absolute atomic E-state index is 0.0118. The first-order valence-electron chi connectivity index (χ1n) is 10.4. The predicted molar refractivity (Wildman–Crippen MR) is 115 cm³/mol. The van der Waals surface area contributed by atoms with Crippen molar-refractivity contribution in [3.8, 4) is 0 Å². The van der Waals surface area contributed by atoms with Gasteiger partial charge in [-0.05, 0) is 48.4 Å². The Morgan fingerprint density at radius 2 is 1.66 bits per heavy atom. The molecule has 2 aromatic carbocycles. The number of amides is 1. The van der Waals surface area contributed by atoms with E-state index in [1.54, 1.807) is 16.4 Å². The first kappa shape index (κ1) is 21.5. The molecular weight excluding hydrogens is 384 g/mol. The van der Waals surface area contributed by atoms with E-state index in [1.165, 1.54) is 5.56 Å². The molecule has 0 spiro atoms. The van der Waals surface area contributed by atoms with Crippen LogP contribution in [0.1, 0.15) is 49.7 Å². The van der Waals surface area contributed by atoms with E-state index in [9.17, 15) is 13.2 Å². The van der Waals surface area contributed by atoms with Gasteiger partial charge in [-0.1, -0.05) is 55.8 Å². The Morgan fingerprint density at radius 3 is 2.31 bits per heavy atom. The lowest BCUT2D eigenvalue weighted by Crippen LogP contribution is -2.35. The van der Waals surface area contributed by atoms with E-state index in [-0.39, 0.29) is 11.8 Å². The van der Waals surface area contributed by atoms with Crippen molar-refractivity contribution in [1.82, 2.24) is 9.62 Å². The molecule has 6 heteroatoms. The second-order valence-corrected chi connectivity index (χ2v) is 9.66. The van der Waals surface area contributed by atoms with Crippen LogP contribution in [0.5, 0.6) is 0 Å². The van der Waals surface area contributed by atoms with Crippen LogP contribution in [0, 0.1) is 0 Å². The van der Waals surface area contributed by atoms with Crippen LogP contribution in [0.2, 0.25) is 0 Å². The van der Waals surface area contributed by atoms with Gasteiger partial charge in [-0.25, -0.2) is 8.42 Å². The van der Waals surface area contributed by atoms with Crippen molar-refractivity contribution >= 4 is 15.9 Å². The lowest BCUT2D eigenvalue weighted by atomic mass is 10.0. The maximum Gasteiger partial charge on any atom is 0.243 e. The number of benzene rings is 2. The highest BCUT2D eigenvalue weighted by Crippen LogP contribution is 2.21. The molecule has 1 unspecified atom stereocenters. The number of carbonyl (C=O) groups excluding carboxylic acids is 1. The lowest BCUT2D eigenvalue weighted by Gasteiger charge is -2.25. The van der Waals surface area contributed by atoms with E-state index < -0.39 is 10.0 Å². The minimum atomic E-state index is -3.40. The van der Waals surface area contributed by atoms with Crippen molar-refractivity contribution in [3.05, 3.63) is 65.7 Å². The molecule has 1 heterocycles. The highest BCUT2D eigenvalue weighted by atomic mass is 32.2. The molecule has 0 saturated carbocycles. The monoisotopic (exact) mass is 414 g/mol. The van der Waals surface area contributed by atoms with Gasteiger partial charge in [0.05, 0.1) is 4.90 Å². The molecule has 0 aliphatic carbocycles. The Kier molecular flexibility index (Phi) is 7.45. The van der Waals surface area contributed by atoms with Gasteiger partial charge >= 0.3 is 0 Å². The number of aryl methyl sites for hydroxylation is 1. The third kappa shape index (κ3) is 5.90. The lowest BCUT2D eigenvalue weighted by molar-refractivity contribution is -0.121. The minimum Gasteiger partial charge on any atom is -0.355 e. The first-order valence-corrected chi connectivity index (χ1v) is 11.8. The van der Waals surface area contributed by atoms with Gasteiger partial charge in [0, 0.05) is 26.1 Å². The molecule has 1 N–H and O–H groups in total. The molecule has 5 nitrogen and oxygen atoms in total. The van der Waals surface area contributed by atoms with Gasteiger partial charge < -0.3 is 5.32 Å². The second-order valence-electron chi connectivity index (χ2n) is 7.72. The van der Waals surface area contributed by atoms with Gasteiger partial charge in [0.25, 0.3) is 0 Å². The summed E-state index contributed by atoms with van der Waals surface area (Å²) in [6, 6.07) is 17.1. The molecule has 0 bridgehead atoms. The van der Waals surface area contributed by atoms with Gasteiger partial charge in [-0.3, -0.25) is 4.79 Å². The summed E-state index contributed by atoms with van der Waals surface area (Å²) in [6.45, 7) is 3.91. The largest absolute Gasteiger partial charge is 0.355 e. The Morgan fingerprint density at radius 1 is 1.00 bits per heavy atom. The van der Waals surface area contributed by atoms with Crippen LogP contribution in [0.4, 0.5) is 0 Å². The topological polar surface area (TPSA) is 66.5 Å². The fourth-order valence-electron chi connectivity index (χ4n) is 3.60. The number of piperidine rings is 1. The maximum atomic E-state index is 12.7. The van der Waals surface area contributed by atoms with Gasteiger partial charge in [0.15, 0.2) is 0 Å².